The third kappa shape index (κ3) is 3.70. The Labute approximate surface area is 119 Å². The van der Waals surface area contributed by atoms with Crippen molar-refractivity contribution in [3.63, 3.8) is 0 Å². The van der Waals surface area contributed by atoms with E-state index in [-0.39, 0.29) is 11.3 Å². The second-order valence-corrected chi connectivity index (χ2v) is 5.81. The molecule has 0 atom stereocenters. The number of oxazole rings is 1. The molecule has 1 amide bonds. The molecule has 0 bridgehead atoms. The van der Waals surface area contributed by atoms with Crippen LogP contribution in [0, 0.1) is 0 Å². The standard InChI is InChI=1S/C16H20N2O2/c1-16(2,3)13-6-4-12(5-7-13)15(19)17-9-8-14-10-20-11-18-14/h4-7,10-11H,8-9H2,1-3H3,(H,17,19). The van der Waals surface area contributed by atoms with E-state index in [1.54, 1.807) is 6.26 Å². The summed E-state index contributed by atoms with van der Waals surface area (Å²) in [5, 5.41) is 2.87. The number of carbonyl (C=O) groups is 1. The van der Waals surface area contributed by atoms with E-state index in [0.29, 0.717) is 18.5 Å². The van der Waals surface area contributed by atoms with Gasteiger partial charge in [0.1, 0.15) is 6.26 Å². The molecule has 0 unspecified atom stereocenters. The Balaban J connectivity index is 1.89. The number of carbonyl (C=O) groups excluding carboxylic acids is 1. The minimum atomic E-state index is -0.0612. The van der Waals surface area contributed by atoms with Gasteiger partial charge in [0.15, 0.2) is 6.39 Å². The highest BCUT2D eigenvalue weighted by molar-refractivity contribution is 5.94. The van der Waals surface area contributed by atoms with Crippen LogP contribution in [-0.2, 0) is 11.8 Å². The predicted octanol–water partition coefficient (Wildman–Crippen LogP) is 2.94. The van der Waals surface area contributed by atoms with Crippen LogP contribution in [0.2, 0.25) is 0 Å². The Morgan fingerprint density at radius 2 is 1.95 bits per heavy atom. The molecule has 2 aromatic rings. The van der Waals surface area contributed by atoms with E-state index in [4.69, 9.17) is 4.42 Å². The molecule has 1 aromatic carbocycles. The van der Waals surface area contributed by atoms with Crippen LogP contribution in [0.15, 0.2) is 41.3 Å². The highest BCUT2D eigenvalue weighted by atomic mass is 16.3. The van der Waals surface area contributed by atoms with Gasteiger partial charge in [-0.1, -0.05) is 32.9 Å². The van der Waals surface area contributed by atoms with Gasteiger partial charge in [0.25, 0.3) is 5.91 Å². The van der Waals surface area contributed by atoms with E-state index in [2.05, 4.69) is 31.1 Å². The topological polar surface area (TPSA) is 55.1 Å². The quantitative estimate of drug-likeness (QED) is 0.931. The molecule has 1 aromatic heterocycles. The van der Waals surface area contributed by atoms with E-state index < -0.39 is 0 Å². The zero-order valence-electron chi connectivity index (χ0n) is 12.1. The second kappa shape index (κ2) is 5.90. The van der Waals surface area contributed by atoms with Crippen molar-refractivity contribution in [2.75, 3.05) is 6.54 Å². The van der Waals surface area contributed by atoms with Crippen molar-refractivity contribution in [2.24, 2.45) is 0 Å². The molecule has 0 saturated heterocycles. The van der Waals surface area contributed by atoms with Gasteiger partial charge < -0.3 is 9.73 Å². The van der Waals surface area contributed by atoms with E-state index in [9.17, 15) is 4.79 Å². The fourth-order valence-electron chi connectivity index (χ4n) is 1.89. The average molecular weight is 272 g/mol. The number of nitrogens with zero attached hydrogens (tertiary/aromatic N) is 1. The number of aromatic nitrogens is 1. The number of nitrogens with one attached hydrogen (secondary N) is 1. The first-order chi connectivity index (χ1) is 9.47. The Hall–Kier alpha value is -2.10. The van der Waals surface area contributed by atoms with E-state index in [0.717, 1.165) is 5.69 Å². The molecule has 0 aliphatic carbocycles. The van der Waals surface area contributed by atoms with Crippen LogP contribution in [0.1, 0.15) is 42.4 Å². The first-order valence-corrected chi connectivity index (χ1v) is 6.72. The van der Waals surface area contributed by atoms with Gasteiger partial charge in [-0.05, 0) is 23.1 Å². The Bertz CT molecular complexity index is 551. The smallest absolute Gasteiger partial charge is 0.251 e. The summed E-state index contributed by atoms with van der Waals surface area (Å²) in [7, 11) is 0. The van der Waals surface area contributed by atoms with Crippen LogP contribution in [0.5, 0.6) is 0 Å². The van der Waals surface area contributed by atoms with Gasteiger partial charge in [-0.25, -0.2) is 4.98 Å². The Kier molecular flexibility index (Phi) is 4.23. The highest BCUT2D eigenvalue weighted by Crippen LogP contribution is 2.22. The van der Waals surface area contributed by atoms with Gasteiger partial charge in [-0.2, -0.15) is 0 Å². The summed E-state index contributed by atoms with van der Waals surface area (Å²) in [6.45, 7) is 7.01. The molecule has 0 aliphatic heterocycles. The normalized spacial score (nSPS) is 11.3. The summed E-state index contributed by atoms with van der Waals surface area (Å²) >= 11 is 0. The molecule has 1 heterocycles. The van der Waals surface area contributed by atoms with Gasteiger partial charge in [-0.15, -0.1) is 0 Å². The number of amides is 1. The first kappa shape index (κ1) is 14.3. The molecule has 0 radical (unpaired) electrons. The van der Waals surface area contributed by atoms with Crippen molar-refractivity contribution < 1.29 is 9.21 Å². The van der Waals surface area contributed by atoms with Gasteiger partial charge in [0.2, 0.25) is 0 Å². The predicted molar refractivity (Wildman–Crippen MR) is 77.7 cm³/mol. The molecule has 0 aliphatic rings. The van der Waals surface area contributed by atoms with Crippen LogP contribution in [0.25, 0.3) is 0 Å². The number of benzene rings is 1. The lowest BCUT2D eigenvalue weighted by Gasteiger charge is -2.19. The van der Waals surface area contributed by atoms with Crippen molar-refractivity contribution in [3.05, 3.63) is 53.7 Å². The van der Waals surface area contributed by atoms with Crippen molar-refractivity contribution in [1.29, 1.82) is 0 Å². The zero-order valence-corrected chi connectivity index (χ0v) is 12.1. The fraction of sp³-hybridized carbons (Fsp3) is 0.375. The Morgan fingerprint density at radius 1 is 1.25 bits per heavy atom. The molecule has 2 rings (SSSR count). The van der Waals surface area contributed by atoms with Crippen LogP contribution in [0.3, 0.4) is 0 Å². The van der Waals surface area contributed by atoms with Crippen molar-refractivity contribution in [3.8, 4) is 0 Å². The molecular weight excluding hydrogens is 252 g/mol. The van der Waals surface area contributed by atoms with Crippen LogP contribution in [-0.4, -0.2) is 17.4 Å². The maximum Gasteiger partial charge on any atom is 0.251 e. The number of rotatable bonds is 4. The molecule has 4 nitrogen and oxygen atoms in total. The van der Waals surface area contributed by atoms with Gasteiger partial charge >= 0.3 is 0 Å². The molecule has 4 heteroatoms. The molecular formula is C16H20N2O2. The van der Waals surface area contributed by atoms with Crippen molar-refractivity contribution in [2.45, 2.75) is 32.6 Å². The second-order valence-electron chi connectivity index (χ2n) is 5.81. The molecule has 1 N–H and O–H groups in total. The lowest BCUT2D eigenvalue weighted by molar-refractivity contribution is 0.0954. The maximum atomic E-state index is 12.0. The molecule has 0 saturated carbocycles. The maximum absolute atomic E-state index is 12.0. The van der Waals surface area contributed by atoms with Crippen LogP contribution < -0.4 is 5.32 Å². The molecule has 106 valence electrons. The molecule has 0 spiro atoms. The summed E-state index contributed by atoms with van der Waals surface area (Å²) < 4.78 is 4.88. The SMILES string of the molecule is CC(C)(C)c1ccc(C(=O)NCCc2cocn2)cc1. The minimum Gasteiger partial charge on any atom is -0.451 e. The first-order valence-electron chi connectivity index (χ1n) is 6.72. The summed E-state index contributed by atoms with van der Waals surface area (Å²) in [6, 6.07) is 7.75. The average Bonchev–Trinajstić information content (AvgIpc) is 2.91. The summed E-state index contributed by atoms with van der Waals surface area (Å²) in [5.74, 6) is -0.0612. The fourth-order valence-corrected chi connectivity index (χ4v) is 1.89. The highest BCUT2D eigenvalue weighted by Gasteiger charge is 2.14. The minimum absolute atomic E-state index is 0.0612. The third-order valence-electron chi connectivity index (χ3n) is 3.16. The van der Waals surface area contributed by atoms with Gasteiger partial charge in [0.05, 0.1) is 5.69 Å². The lowest BCUT2D eigenvalue weighted by Crippen LogP contribution is -2.25. The third-order valence-corrected chi connectivity index (χ3v) is 3.16. The summed E-state index contributed by atoms with van der Waals surface area (Å²) in [5.41, 5.74) is 2.84. The lowest BCUT2D eigenvalue weighted by atomic mass is 9.87. The molecule has 20 heavy (non-hydrogen) atoms. The molecule has 0 fully saturated rings. The van der Waals surface area contributed by atoms with E-state index in [1.165, 1.54) is 12.0 Å². The zero-order chi connectivity index (χ0) is 14.6. The van der Waals surface area contributed by atoms with Crippen molar-refractivity contribution >= 4 is 5.91 Å². The van der Waals surface area contributed by atoms with Crippen LogP contribution >= 0.6 is 0 Å². The van der Waals surface area contributed by atoms with E-state index >= 15 is 0 Å². The number of hydrogen-bond donors (Lipinski definition) is 1. The van der Waals surface area contributed by atoms with Crippen molar-refractivity contribution in [1.82, 2.24) is 10.3 Å². The monoisotopic (exact) mass is 272 g/mol. The van der Waals surface area contributed by atoms with Gasteiger partial charge in [-0.3, -0.25) is 4.79 Å². The van der Waals surface area contributed by atoms with Gasteiger partial charge in [0, 0.05) is 18.5 Å². The largest absolute Gasteiger partial charge is 0.451 e. The van der Waals surface area contributed by atoms with E-state index in [1.807, 2.05) is 24.3 Å². The summed E-state index contributed by atoms with van der Waals surface area (Å²) in [4.78, 5) is 16.0. The van der Waals surface area contributed by atoms with Crippen LogP contribution in [0.4, 0.5) is 0 Å². The number of hydrogen-bond acceptors (Lipinski definition) is 3. The summed E-state index contributed by atoms with van der Waals surface area (Å²) in [6.07, 6.45) is 3.65. The Morgan fingerprint density at radius 3 is 2.50 bits per heavy atom.